The molecule has 1 aliphatic carbocycles. The van der Waals surface area contributed by atoms with Gasteiger partial charge in [0.2, 0.25) is 0 Å². The summed E-state index contributed by atoms with van der Waals surface area (Å²) in [4.78, 5) is 8.40. The van der Waals surface area contributed by atoms with Crippen LogP contribution in [0.1, 0.15) is 50.9 Å². The molecule has 2 rings (SSSR count). The molecular formula is C14H20N4. The summed E-state index contributed by atoms with van der Waals surface area (Å²) in [6.07, 6.45) is 6.38. The molecule has 1 unspecified atom stereocenters. The summed E-state index contributed by atoms with van der Waals surface area (Å²) in [5.41, 5.74) is 0.911. The van der Waals surface area contributed by atoms with Crippen molar-refractivity contribution in [2.45, 2.75) is 52.5 Å². The average molecular weight is 244 g/mol. The highest BCUT2D eigenvalue weighted by molar-refractivity contribution is 5.51. The predicted molar refractivity (Wildman–Crippen MR) is 71.1 cm³/mol. The molecule has 1 saturated carbocycles. The van der Waals surface area contributed by atoms with Crippen molar-refractivity contribution < 1.29 is 0 Å². The van der Waals surface area contributed by atoms with Gasteiger partial charge in [0.1, 0.15) is 23.3 Å². The second kappa shape index (κ2) is 4.93. The zero-order valence-corrected chi connectivity index (χ0v) is 11.3. The summed E-state index contributed by atoms with van der Waals surface area (Å²) in [6.45, 7) is 6.45. The predicted octanol–water partition coefficient (Wildman–Crippen LogP) is 3.04. The Hall–Kier alpha value is -1.63. The average Bonchev–Trinajstić information content (AvgIpc) is 2.28. The number of hydrogen-bond donors (Lipinski definition) is 1. The van der Waals surface area contributed by atoms with Crippen molar-refractivity contribution in [2.75, 3.05) is 5.32 Å². The summed E-state index contributed by atoms with van der Waals surface area (Å²) in [6, 6.07) is 2.56. The van der Waals surface area contributed by atoms with E-state index in [9.17, 15) is 0 Å². The molecule has 1 N–H and O–H groups in total. The van der Waals surface area contributed by atoms with Crippen molar-refractivity contribution in [3.8, 4) is 6.07 Å². The third kappa shape index (κ3) is 2.98. The molecule has 4 heteroatoms. The summed E-state index contributed by atoms with van der Waals surface area (Å²) in [5.74, 6) is 1.39. The van der Waals surface area contributed by atoms with E-state index in [1.165, 1.54) is 12.8 Å². The lowest BCUT2D eigenvalue weighted by atomic mass is 9.75. The van der Waals surface area contributed by atoms with Crippen molar-refractivity contribution in [3.05, 3.63) is 17.6 Å². The van der Waals surface area contributed by atoms with Crippen LogP contribution in [0.15, 0.2) is 6.20 Å². The van der Waals surface area contributed by atoms with E-state index in [4.69, 9.17) is 5.26 Å². The van der Waals surface area contributed by atoms with E-state index < -0.39 is 0 Å². The van der Waals surface area contributed by atoms with Crippen molar-refractivity contribution in [3.63, 3.8) is 0 Å². The van der Waals surface area contributed by atoms with Gasteiger partial charge in [-0.25, -0.2) is 9.97 Å². The Morgan fingerprint density at radius 1 is 1.50 bits per heavy atom. The molecule has 18 heavy (non-hydrogen) atoms. The summed E-state index contributed by atoms with van der Waals surface area (Å²) < 4.78 is 0. The molecule has 0 amide bonds. The zero-order valence-electron chi connectivity index (χ0n) is 11.3. The molecule has 1 heterocycles. The van der Waals surface area contributed by atoms with Crippen molar-refractivity contribution in [1.29, 1.82) is 5.26 Å². The van der Waals surface area contributed by atoms with Crippen LogP contribution in [0.2, 0.25) is 0 Å². The van der Waals surface area contributed by atoms with Crippen LogP contribution in [0.3, 0.4) is 0 Å². The van der Waals surface area contributed by atoms with Crippen molar-refractivity contribution >= 4 is 5.82 Å². The number of hydrogen-bond acceptors (Lipinski definition) is 4. The van der Waals surface area contributed by atoms with Gasteiger partial charge in [-0.2, -0.15) is 5.26 Å². The maximum atomic E-state index is 9.07. The molecule has 1 atom stereocenters. The Morgan fingerprint density at radius 2 is 2.28 bits per heavy atom. The molecule has 0 aromatic carbocycles. The molecule has 0 saturated heterocycles. The van der Waals surface area contributed by atoms with Gasteiger partial charge in [0.05, 0.1) is 6.20 Å². The normalized spacial score (nSPS) is 22.2. The van der Waals surface area contributed by atoms with E-state index in [2.05, 4.69) is 35.2 Å². The van der Waals surface area contributed by atoms with Gasteiger partial charge in [-0.1, -0.05) is 20.3 Å². The highest BCUT2D eigenvalue weighted by atomic mass is 15.1. The third-order valence-corrected chi connectivity index (χ3v) is 3.58. The molecule has 0 radical (unpaired) electrons. The molecule has 1 fully saturated rings. The van der Waals surface area contributed by atoms with E-state index in [1.54, 1.807) is 6.20 Å². The first-order valence-corrected chi connectivity index (χ1v) is 6.50. The first kappa shape index (κ1) is 12.8. The molecule has 1 aromatic heterocycles. The van der Waals surface area contributed by atoms with Gasteiger partial charge in [0, 0.05) is 6.04 Å². The minimum Gasteiger partial charge on any atom is -0.366 e. The van der Waals surface area contributed by atoms with Crippen molar-refractivity contribution in [2.24, 2.45) is 5.41 Å². The molecule has 1 aliphatic rings. The van der Waals surface area contributed by atoms with Crippen molar-refractivity contribution in [1.82, 2.24) is 9.97 Å². The second-order valence-corrected chi connectivity index (χ2v) is 5.89. The Morgan fingerprint density at radius 3 is 2.94 bits per heavy atom. The molecule has 0 aliphatic heterocycles. The Balaban J connectivity index is 2.14. The monoisotopic (exact) mass is 244 g/mol. The smallest absolute Gasteiger partial charge is 0.147 e. The number of nitrogens with zero attached hydrogens (tertiary/aromatic N) is 3. The Labute approximate surface area is 108 Å². The highest BCUT2D eigenvalue weighted by Crippen LogP contribution is 2.36. The van der Waals surface area contributed by atoms with E-state index in [0.717, 1.165) is 12.8 Å². The maximum Gasteiger partial charge on any atom is 0.147 e. The zero-order chi connectivity index (χ0) is 13.2. The van der Waals surface area contributed by atoms with Gasteiger partial charge in [0.25, 0.3) is 0 Å². The highest BCUT2D eigenvalue weighted by Gasteiger charge is 2.28. The van der Waals surface area contributed by atoms with Gasteiger partial charge in [-0.05, 0) is 31.6 Å². The second-order valence-electron chi connectivity index (χ2n) is 5.89. The molecule has 0 bridgehead atoms. The molecular weight excluding hydrogens is 224 g/mol. The minimum absolute atomic E-state index is 0.380. The standard InChI is InChI=1S/C14H20N4/c1-10-16-9-11(8-15)13(17-10)18-12-5-4-6-14(2,3)7-12/h9,12H,4-7H2,1-3H3,(H,16,17,18). The van der Waals surface area contributed by atoms with Gasteiger partial charge >= 0.3 is 0 Å². The van der Waals surface area contributed by atoms with Crippen LogP contribution in [0.4, 0.5) is 5.82 Å². The van der Waals surface area contributed by atoms with Crippen LogP contribution in [-0.4, -0.2) is 16.0 Å². The fraction of sp³-hybridized carbons (Fsp3) is 0.643. The number of nitriles is 1. The summed E-state index contributed by atoms with van der Waals surface area (Å²) in [7, 11) is 0. The van der Waals surface area contributed by atoms with E-state index in [0.29, 0.717) is 28.7 Å². The number of aromatic nitrogens is 2. The maximum absolute atomic E-state index is 9.07. The lowest BCUT2D eigenvalue weighted by Crippen LogP contribution is -2.32. The topological polar surface area (TPSA) is 61.6 Å². The first-order chi connectivity index (χ1) is 8.50. The minimum atomic E-state index is 0.380. The van der Waals surface area contributed by atoms with Crippen LogP contribution in [-0.2, 0) is 0 Å². The lowest BCUT2D eigenvalue weighted by molar-refractivity contribution is 0.229. The largest absolute Gasteiger partial charge is 0.366 e. The first-order valence-electron chi connectivity index (χ1n) is 6.50. The van der Waals surface area contributed by atoms with Gasteiger partial charge in [0.15, 0.2) is 0 Å². The SMILES string of the molecule is Cc1ncc(C#N)c(NC2CCCC(C)(C)C2)n1. The molecule has 1 aromatic rings. The number of anilines is 1. The van der Waals surface area contributed by atoms with Crippen LogP contribution >= 0.6 is 0 Å². The quantitative estimate of drug-likeness (QED) is 0.868. The Kier molecular flexibility index (Phi) is 3.51. The van der Waals surface area contributed by atoms with Crippen LogP contribution in [0.25, 0.3) is 0 Å². The van der Waals surface area contributed by atoms with Gasteiger partial charge in [-0.3, -0.25) is 0 Å². The number of aryl methyl sites for hydroxylation is 1. The fourth-order valence-electron chi connectivity index (χ4n) is 2.68. The molecule has 0 spiro atoms. The fourth-order valence-corrected chi connectivity index (χ4v) is 2.68. The molecule has 4 nitrogen and oxygen atoms in total. The van der Waals surface area contributed by atoms with Crippen LogP contribution in [0.5, 0.6) is 0 Å². The van der Waals surface area contributed by atoms with Gasteiger partial charge in [-0.15, -0.1) is 0 Å². The van der Waals surface area contributed by atoms with E-state index >= 15 is 0 Å². The summed E-state index contributed by atoms with van der Waals surface area (Å²) in [5, 5.41) is 12.5. The molecule has 96 valence electrons. The van der Waals surface area contributed by atoms with Gasteiger partial charge < -0.3 is 5.32 Å². The van der Waals surface area contributed by atoms with E-state index in [-0.39, 0.29) is 0 Å². The summed E-state index contributed by atoms with van der Waals surface area (Å²) >= 11 is 0. The lowest BCUT2D eigenvalue weighted by Gasteiger charge is -2.35. The van der Waals surface area contributed by atoms with E-state index in [1.807, 2.05) is 6.92 Å². The number of nitrogens with one attached hydrogen (secondary N) is 1. The Bertz CT molecular complexity index is 473. The number of rotatable bonds is 2. The van der Waals surface area contributed by atoms with Crippen LogP contribution < -0.4 is 5.32 Å². The van der Waals surface area contributed by atoms with Crippen LogP contribution in [0, 0.1) is 23.7 Å². The third-order valence-electron chi connectivity index (χ3n) is 3.58.